The summed E-state index contributed by atoms with van der Waals surface area (Å²) in [6.45, 7) is 0.559. The number of pyridine rings is 1. The number of carbonyl (C=O) groups is 2. The van der Waals surface area contributed by atoms with E-state index in [2.05, 4.69) is 27.8 Å². The van der Waals surface area contributed by atoms with Crippen molar-refractivity contribution in [2.75, 3.05) is 19.0 Å². The molecule has 2 N–H and O–H groups in total. The quantitative estimate of drug-likeness (QED) is 0.576. The van der Waals surface area contributed by atoms with Crippen molar-refractivity contribution < 1.29 is 14.3 Å². The number of anilines is 1. The molecule has 29 heavy (non-hydrogen) atoms. The van der Waals surface area contributed by atoms with Gasteiger partial charge in [-0.1, -0.05) is 30.3 Å². The van der Waals surface area contributed by atoms with Crippen molar-refractivity contribution in [3.63, 3.8) is 0 Å². The second-order valence-electron chi connectivity index (χ2n) is 6.46. The van der Waals surface area contributed by atoms with Crippen molar-refractivity contribution in [1.82, 2.24) is 10.3 Å². The Morgan fingerprint density at radius 1 is 0.966 bits per heavy atom. The number of benzene rings is 2. The highest BCUT2D eigenvalue weighted by Gasteiger charge is 2.12. The number of aromatic nitrogens is 1. The van der Waals surface area contributed by atoms with Gasteiger partial charge in [-0.05, 0) is 54.8 Å². The van der Waals surface area contributed by atoms with Crippen molar-refractivity contribution in [3.8, 4) is 5.75 Å². The Labute approximate surface area is 169 Å². The van der Waals surface area contributed by atoms with Crippen LogP contribution in [0.1, 0.15) is 32.8 Å². The molecule has 3 rings (SSSR count). The fourth-order valence-electron chi connectivity index (χ4n) is 2.81. The summed E-state index contributed by atoms with van der Waals surface area (Å²) in [6.07, 6.45) is 3.19. The van der Waals surface area contributed by atoms with Gasteiger partial charge in [-0.2, -0.15) is 0 Å². The highest BCUT2D eigenvalue weighted by molar-refractivity contribution is 6.04. The molecule has 0 bridgehead atoms. The van der Waals surface area contributed by atoms with Crippen molar-refractivity contribution in [2.45, 2.75) is 12.8 Å². The average molecular weight is 389 g/mol. The van der Waals surface area contributed by atoms with Crippen LogP contribution >= 0.6 is 0 Å². The van der Waals surface area contributed by atoms with E-state index in [1.807, 2.05) is 18.2 Å². The lowest BCUT2D eigenvalue weighted by Gasteiger charge is -2.08. The number of carbonyl (C=O) groups excluding carboxylic acids is 2. The second kappa shape index (κ2) is 10.0. The molecule has 1 heterocycles. The van der Waals surface area contributed by atoms with Crippen LogP contribution in [0.4, 0.5) is 5.69 Å². The maximum atomic E-state index is 12.4. The van der Waals surface area contributed by atoms with Crippen LogP contribution in [-0.4, -0.2) is 30.5 Å². The van der Waals surface area contributed by atoms with E-state index < -0.39 is 0 Å². The van der Waals surface area contributed by atoms with Gasteiger partial charge in [0.1, 0.15) is 11.4 Å². The normalized spacial score (nSPS) is 10.2. The summed E-state index contributed by atoms with van der Waals surface area (Å²) >= 11 is 0. The van der Waals surface area contributed by atoms with E-state index in [0.717, 1.165) is 12.8 Å². The van der Waals surface area contributed by atoms with E-state index in [9.17, 15) is 9.59 Å². The molecule has 2 aromatic carbocycles. The summed E-state index contributed by atoms with van der Waals surface area (Å²) in [4.78, 5) is 28.9. The molecule has 0 spiro atoms. The van der Waals surface area contributed by atoms with Gasteiger partial charge in [0, 0.05) is 24.0 Å². The van der Waals surface area contributed by atoms with Gasteiger partial charge in [0.2, 0.25) is 0 Å². The summed E-state index contributed by atoms with van der Waals surface area (Å²) in [5.41, 5.74) is 2.44. The molecule has 1 aromatic heterocycles. The number of hydrogen-bond donors (Lipinski definition) is 2. The molecule has 0 atom stereocenters. The molecule has 0 fully saturated rings. The molecule has 0 aliphatic carbocycles. The smallest absolute Gasteiger partial charge is 0.274 e. The summed E-state index contributed by atoms with van der Waals surface area (Å²) in [5.74, 6) is 0.0971. The van der Waals surface area contributed by atoms with E-state index in [0.29, 0.717) is 23.5 Å². The third kappa shape index (κ3) is 5.90. The van der Waals surface area contributed by atoms with Gasteiger partial charge in [-0.3, -0.25) is 14.6 Å². The van der Waals surface area contributed by atoms with E-state index in [4.69, 9.17) is 4.74 Å². The Morgan fingerprint density at radius 3 is 2.45 bits per heavy atom. The molecule has 0 aliphatic heterocycles. The standard InChI is InChI=1S/C23H23N3O3/c1-29-20-11-9-19(10-12-20)26-23(28)21-16-18(13-15-24-21)22(27)25-14-5-8-17-6-3-2-4-7-17/h2-4,6-7,9-13,15-16H,5,8,14H2,1H3,(H,25,27)(H,26,28). The largest absolute Gasteiger partial charge is 0.497 e. The fourth-order valence-corrected chi connectivity index (χ4v) is 2.81. The zero-order chi connectivity index (χ0) is 20.5. The fraction of sp³-hybridized carbons (Fsp3) is 0.174. The maximum absolute atomic E-state index is 12.4. The number of aryl methyl sites for hydroxylation is 1. The second-order valence-corrected chi connectivity index (χ2v) is 6.46. The van der Waals surface area contributed by atoms with Gasteiger partial charge >= 0.3 is 0 Å². The summed E-state index contributed by atoms with van der Waals surface area (Å²) in [6, 6.07) is 20.2. The first-order chi connectivity index (χ1) is 14.2. The number of nitrogens with zero attached hydrogens (tertiary/aromatic N) is 1. The molecular formula is C23H23N3O3. The van der Waals surface area contributed by atoms with Gasteiger partial charge in [0.15, 0.2) is 0 Å². The first kappa shape index (κ1) is 20.1. The lowest BCUT2D eigenvalue weighted by molar-refractivity contribution is 0.0953. The monoisotopic (exact) mass is 389 g/mol. The minimum absolute atomic E-state index is 0.178. The first-order valence-corrected chi connectivity index (χ1v) is 9.39. The van der Waals surface area contributed by atoms with Gasteiger partial charge in [-0.25, -0.2) is 0 Å². The molecule has 6 nitrogen and oxygen atoms in total. The van der Waals surface area contributed by atoms with Crippen LogP contribution in [-0.2, 0) is 6.42 Å². The molecule has 0 aliphatic rings. The Hall–Kier alpha value is -3.67. The van der Waals surface area contributed by atoms with E-state index in [1.165, 1.54) is 17.8 Å². The van der Waals surface area contributed by atoms with Gasteiger partial charge in [0.25, 0.3) is 11.8 Å². The number of hydrogen-bond acceptors (Lipinski definition) is 4. The third-order valence-corrected chi connectivity index (χ3v) is 4.37. The molecule has 2 amide bonds. The Balaban J connectivity index is 1.53. The first-order valence-electron chi connectivity index (χ1n) is 9.39. The van der Waals surface area contributed by atoms with E-state index >= 15 is 0 Å². The summed E-state index contributed by atoms with van der Waals surface area (Å²) in [7, 11) is 1.58. The number of rotatable bonds is 8. The van der Waals surface area contributed by atoms with E-state index in [1.54, 1.807) is 37.4 Å². The Kier molecular flexibility index (Phi) is 6.95. The molecule has 3 aromatic rings. The number of amides is 2. The molecule has 6 heteroatoms. The Bertz CT molecular complexity index is 957. The predicted molar refractivity (Wildman–Crippen MR) is 112 cm³/mol. The van der Waals surface area contributed by atoms with Crippen LogP contribution in [0.2, 0.25) is 0 Å². The van der Waals surface area contributed by atoms with Crippen LogP contribution in [0.5, 0.6) is 5.75 Å². The lowest BCUT2D eigenvalue weighted by Crippen LogP contribution is -2.25. The zero-order valence-corrected chi connectivity index (χ0v) is 16.2. The van der Waals surface area contributed by atoms with Crippen LogP contribution in [0.15, 0.2) is 72.9 Å². The molecule has 0 unspecified atom stereocenters. The lowest BCUT2D eigenvalue weighted by atomic mass is 10.1. The van der Waals surface area contributed by atoms with Crippen molar-refractivity contribution in [3.05, 3.63) is 89.7 Å². The topological polar surface area (TPSA) is 80.3 Å². The SMILES string of the molecule is COc1ccc(NC(=O)c2cc(C(=O)NCCCc3ccccc3)ccn2)cc1. The van der Waals surface area contributed by atoms with Crippen LogP contribution in [0.3, 0.4) is 0 Å². The van der Waals surface area contributed by atoms with E-state index in [-0.39, 0.29) is 17.5 Å². The molecule has 0 saturated heterocycles. The molecule has 0 saturated carbocycles. The van der Waals surface area contributed by atoms with Crippen molar-refractivity contribution in [2.24, 2.45) is 0 Å². The predicted octanol–water partition coefficient (Wildman–Crippen LogP) is 3.71. The summed E-state index contributed by atoms with van der Waals surface area (Å²) in [5, 5.41) is 5.64. The van der Waals surface area contributed by atoms with Crippen LogP contribution < -0.4 is 15.4 Å². The number of ether oxygens (including phenoxy) is 1. The van der Waals surface area contributed by atoms with Gasteiger partial charge in [-0.15, -0.1) is 0 Å². The minimum atomic E-state index is -0.381. The van der Waals surface area contributed by atoms with Crippen molar-refractivity contribution >= 4 is 17.5 Å². The Morgan fingerprint density at radius 2 is 1.72 bits per heavy atom. The minimum Gasteiger partial charge on any atom is -0.497 e. The summed E-state index contributed by atoms with van der Waals surface area (Å²) < 4.78 is 5.10. The highest BCUT2D eigenvalue weighted by Crippen LogP contribution is 2.16. The molecule has 0 radical (unpaired) electrons. The van der Waals surface area contributed by atoms with Crippen LogP contribution in [0.25, 0.3) is 0 Å². The highest BCUT2D eigenvalue weighted by atomic mass is 16.5. The average Bonchev–Trinajstić information content (AvgIpc) is 2.78. The number of nitrogens with one attached hydrogen (secondary N) is 2. The molecular weight excluding hydrogens is 366 g/mol. The maximum Gasteiger partial charge on any atom is 0.274 e. The van der Waals surface area contributed by atoms with Gasteiger partial charge in [0.05, 0.1) is 7.11 Å². The van der Waals surface area contributed by atoms with Crippen LogP contribution in [0, 0.1) is 0 Å². The molecule has 148 valence electrons. The number of methoxy groups -OCH3 is 1. The zero-order valence-electron chi connectivity index (χ0n) is 16.2. The van der Waals surface area contributed by atoms with Gasteiger partial charge < -0.3 is 15.4 Å². The third-order valence-electron chi connectivity index (χ3n) is 4.37. The van der Waals surface area contributed by atoms with Crippen molar-refractivity contribution in [1.29, 1.82) is 0 Å².